The van der Waals surface area contributed by atoms with Gasteiger partial charge in [0.15, 0.2) is 11.6 Å². The molecule has 1 atom stereocenters. The Morgan fingerprint density at radius 1 is 1.38 bits per heavy atom. The van der Waals surface area contributed by atoms with Crippen molar-refractivity contribution in [3.63, 3.8) is 0 Å². The summed E-state index contributed by atoms with van der Waals surface area (Å²) < 4.78 is 57.2. The molecule has 0 amide bonds. The summed E-state index contributed by atoms with van der Waals surface area (Å²) in [5, 5.41) is 8.91. The molecule has 2 N–H and O–H groups in total. The first-order valence-corrected chi connectivity index (χ1v) is 7.78. The lowest BCUT2D eigenvalue weighted by molar-refractivity contribution is 0.0697. The molecule has 0 aliphatic carbocycles. The van der Waals surface area contributed by atoms with Gasteiger partial charge in [0.2, 0.25) is 10.0 Å². The summed E-state index contributed by atoms with van der Waals surface area (Å²) in [5.41, 5.74) is -1.18. The maximum atomic E-state index is 13.2. The molecule has 1 fully saturated rings. The molecule has 1 unspecified atom stereocenters. The third kappa shape index (κ3) is 3.88. The highest BCUT2D eigenvalue weighted by Crippen LogP contribution is 2.22. The van der Waals surface area contributed by atoms with E-state index >= 15 is 0 Å². The molecule has 116 valence electrons. The molecule has 0 spiro atoms. The third-order valence-corrected chi connectivity index (χ3v) is 4.33. The molecule has 0 saturated carbocycles. The maximum Gasteiger partial charge on any atom is 0.337 e. The van der Waals surface area contributed by atoms with Gasteiger partial charge in [-0.15, -0.1) is 0 Å². The van der Waals surface area contributed by atoms with Crippen molar-refractivity contribution in [2.24, 2.45) is 0 Å². The van der Waals surface area contributed by atoms with E-state index in [9.17, 15) is 22.0 Å². The number of hydrogen-bond donors (Lipinski definition) is 2. The topological polar surface area (TPSA) is 92.7 Å². The highest BCUT2D eigenvalue weighted by Gasteiger charge is 2.25. The number of ether oxygens (including phenoxy) is 1. The number of aromatic carboxylic acids is 1. The SMILES string of the molecule is O=C(O)c1cc(F)c(F)cc1NS(=O)(=O)CC1CCCO1. The Bertz CT molecular complexity index is 656. The van der Waals surface area contributed by atoms with Crippen LogP contribution in [0.3, 0.4) is 0 Å². The normalized spacial score (nSPS) is 18.7. The van der Waals surface area contributed by atoms with Crippen LogP contribution in [0.25, 0.3) is 0 Å². The number of carboxylic acids is 1. The number of benzene rings is 1. The summed E-state index contributed by atoms with van der Waals surface area (Å²) in [5.74, 6) is -4.64. The number of carbonyl (C=O) groups is 1. The summed E-state index contributed by atoms with van der Waals surface area (Å²) >= 11 is 0. The van der Waals surface area contributed by atoms with Gasteiger partial charge in [-0.05, 0) is 18.9 Å². The molecule has 1 heterocycles. The Kier molecular flexibility index (Phi) is 4.43. The number of rotatable bonds is 5. The van der Waals surface area contributed by atoms with Gasteiger partial charge in [0.25, 0.3) is 0 Å². The fraction of sp³-hybridized carbons (Fsp3) is 0.417. The van der Waals surface area contributed by atoms with Gasteiger partial charge in [-0.1, -0.05) is 0 Å². The molecule has 21 heavy (non-hydrogen) atoms. The van der Waals surface area contributed by atoms with Crippen LogP contribution in [0, 0.1) is 11.6 Å². The molecule has 1 saturated heterocycles. The Labute approximate surface area is 119 Å². The summed E-state index contributed by atoms with van der Waals surface area (Å²) in [7, 11) is -3.93. The van der Waals surface area contributed by atoms with Crippen molar-refractivity contribution in [2.75, 3.05) is 17.1 Å². The summed E-state index contributed by atoms with van der Waals surface area (Å²) in [6.07, 6.45) is 0.831. The van der Waals surface area contributed by atoms with Crippen molar-refractivity contribution >= 4 is 21.7 Å². The van der Waals surface area contributed by atoms with E-state index in [-0.39, 0.29) is 5.75 Å². The molecule has 1 aromatic rings. The molecule has 0 bridgehead atoms. The lowest BCUT2D eigenvalue weighted by atomic mass is 10.2. The second kappa shape index (κ2) is 5.94. The molecular weight excluding hydrogens is 308 g/mol. The first-order chi connectivity index (χ1) is 9.78. The first-order valence-electron chi connectivity index (χ1n) is 6.13. The zero-order chi connectivity index (χ0) is 15.6. The van der Waals surface area contributed by atoms with Gasteiger partial charge < -0.3 is 9.84 Å². The van der Waals surface area contributed by atoms with Crippen molar-refractivity contribution in [2.45, 2.75) is 18.9 Å². The van der Waals surface area contributed by atoms with Crippen LogP contribution in [0.1, 0.15) is 23.2 Å². The number of hydrogen-bond acceptors (Lipinski definition) is 4. The molecule has 1 aromatic carbocycles. The molecule has 2 rings (SSSR count). The van der Waals surface area contributed by atoms with E-state index in [0.717, 1.165) is 6.42 Å². The number of nitrogens with one attached hydrogen (secondary N) is 1. The van der Waals surface area contributed by atoms with E-state index in [2.05, 4.69) is 0 Å². The quantitative estimate of drug-likeness (QED) is 0.859. The Morgan fingerprint density at radius 2 is 2.05 bits per heavy atom. The van der Waals surface area contributed by atoms with Gasteiger partial charge in [-0.25, -0.2) is 22.0 Å². The highest BCUT2D eigenvalue weighted by atomic mass is 32.2. The molecule has 0 aromatic heterocycles. The van der Waals surface area contributed by atoms with E-state index in [4.69, 9.17) is 9.84 Å². The van der Waals surface area contributed by atoms with E-state index in [1.165, 1.54) is 0 Å². The summed E-state index contributed by atoms with van der Waals surface area (Å²) in [6.45, 7) is 0.464. The van der Waals surface area contributed by atoms with Crippen LogP contribution in [0.4, 0.5) is 14.5 Å². The minimum atomic E-state index is -3.93. The van der Waals surface area contributed by atoms with Crippen LogP contribution < -0.4 is 4.72 Å². The average molecular weight is 321 g/mol. The number of anilines is 1. The lowest BCUT2D eigenvalue weighted by Gasteiger charge is -2.14. The zero-order valence-corrected chi connectivity index (χ0v) is 11.6. The van der Waals surface area contributed by atoms with Gasteiger partial charge in [0.1, 0.15) is 0 Å². The number of carboxylic acid groups (broad SMARTS) is 1. The standard InChI is InChI=1S/C12H13F2NO5S/c13-9-4-8(12(16)17)11(5-10(9)14)15-21(18,19)6-7-2-1-3-20-7/h4-5,7,15H,1-3,6H2,(H,16,17). The Balaban J connectivity index is 2.25. The van der Waals surface area contributed by atoms with Crippen molar-refractivity contribution in [3.8, 4) is 0 Å². The van der Waals surface area contributed by atoms with Crippen LogP contribution >= 0.6 is 0 Å². The average Bonchev–Trinajstić information content (AvgIpc) is 2.84. The first kappa shape index (κ1) is 15.6. The molecule has 9 heteroatoms. The number of sulfonamides is 1. The lowest BCUT2D eigenvalue weighted by Crippen LogP contribution is -2.26. The van der Waals surface area contributed by atoms with E-state index in [1.807, 2.05) is 4.72 Å². The smallest absolute Gasteiger partial charge is 0.337 e. The van der Waals surface area contributed by atoms with Crippen LogP contribution in [-0.2, 0) is 14.8 Å². The van der Waals surface area contributed by atoms with Crippen molar-refractivity contribution in [3.05, 3.63) is 29.3 Å². The second-order valence-corrected chi connectivity index (χ2v) is 6.40. The monoisotopic (exact) mass is 321 g/mol. The van der Waals surface area contributed by atoms with E-state index in [1.54, 1.807) is 0 Å². The fourth-order valence-corrected chi connectivity index (χ4v) is 3.38. The largest absolute Gasteiger partial charge is 0.478 e. The molecule has 0 radical (unpaired) electrons. The summed E-state index contributed by atoms with van der Waals surface area (Å²) in [6, 6.07) is 0.938. The van der Waals surface area contributed by atoms with Crippen LogP contribution in [-0.4, -0.2) is 38.0 Å². The van der Waals surface area contributed by atoms with Gasteiger partial charge in [0.05, 0.1) is 23.1 Å². The van der Waals surface area contributed by atoms with Crippen LogP contribution in [0.2, 0.25) is 0 Å². The predicted octanol–water partition coefficient (Wildman–Crippen LogP) is 1.58. The Hall–Kier alpha value is -1.74. The summed E-state index contributed by atoms with van der Waals surface area (Å²) in [4.78, 5) is 11.0. The predicted molar refractivity (Wildman–Crippen MR) is 69.7 cm³/mol. The zero-order valence-electron chi connectivity index (χ0n) is 10.8. The van der Waals surface area contributed by atoms with Gasteiger partial charge in [-0.3, -0.25) is 4.72 Å². The van der Waals surface area contributed by atoms with Crippen molar-refractivity contribution in [1.29, 1.82) is 0 Å². The van der Waals surface area contributed by atoms with Gasteiger partial charge >= 0.3 is 5.97 Å². The second-order valence-electron chi connectivity index (χ2n) is 4.64. The molecule has 6 nitrogen and oxygen atoms in total. The Morgan fingerprint density at radius 3 is 2.62 bits per heavy atom. The van der Waals surface area contributed by atoms with Crippen molar-refractivity contribution in [1.82, 2.24) is 0 Å². The maximum absolute atomic E-state index is 13.2. The minimum Gasteiger partial charge on any atom is -0.478 e. The van der Waals surface area contributed by atoms with Gasteiger partial charge in [0, 0.05) is 12.7 Å². The molecule has 1 aliphatic rings. The van der Waals surface area contributed by atoms with Gasteiger partial charge in [-0.2, -0.15) is 0 Å². The van der Waals surface area contributed by atoms with E-state index in [0.29, 0.717) is 25.2 Å². The van der Waals surface area contributed by atoms with Crippen LogP contribution in [0.15, 0.2) is 12.1 Å². The van der Waals surface area contributed by atoms with E-state index < -0.39 is 45.0 Å². The molecule has 1 aliphatic heterocycles. The highest BCUT2D eigenvalue weighted by molar-refractivity contribution is 7.92. The number of halogens is 2. The van der Waals surface area contributed by atoms with Crippen LogP contribution in [0.5, 0.6) is 0 Å². The van der Waals surface area contributed by atoms with Crippen molar-refractivity contribution < 1.29 is 31.8 Å². The fourth-order valence-electron chi connectivity index (χ4n) is 2.04. The minimum absolute atomic E-state index is 0.370. The molecular formula is C12H13F2NO5S. The third-order valence-electron chi connectivity index (χ3n) is 2.99.